The summed E-state index contributed by atoms with van der Waals surface area (Å²) in [4.78, 5) is 5.63. The number of hydrogen-bond donors (Lipinski definition) is 0. The fourth-order valence-electron chi connectivity index (χ4n) is 0.969. The normalized spacial score (nSPS) is 10.2. The van der Waals surface area contributed by atoms with Gasteiger partial charge in [0.05, 0.1) is 0 Å². The standard InChI is InChI=1S/C10H9NS2/c1-8-7-12-10(11-8)13-9-5-3-2-4-6-9/h2-7H,1H3. The van der Waals surface area contributed by atoms with Crippen LogP contribution in [-0.2, 0) is 0 Å². The van der Waals surface area contributed by atoms with Gasteiger partial charge in [-0.15, -0.1) is 11.3 Å². The zero-order valence-corrected chi connectivity index (χ0v) is 8.86. The van der Waals surface area contributed by atoms with Crippen LogP contribution in [0, 0.1) is 6.92 Å². The molecule has 0 spiro atoms. The molecule has 2 aromatic rings. The highest BCUT2D eigenvalue weighted by Crippen LogP contribution is 2.29. The van der Waals surface area contributed by atoms with E-state index in [1.165, 1.54) is 4.90 Å². The van der Waals surface area contributed by atoms with Gasteiger partial charge < -0.3 is 0 Å². The Balaban J connectivity index is 2.15. The predicted octanol–water partition coefficient (Wildman–Crippen LogP) is 3.60. The molecule has 1 nitrogen and oxygen atoms in total. The maximum atomic E-state index is 4.39. The van der Waals surface area contributed by atoms with Crippen LogP contribution in [0.1, 0.15) is 5.69 Å². The highest BCUT2D eigenvalue weighted by Gasteiger charge is 1.99. The van der Waals surface area contributed by atoms with Crippen LogP contribution in [0.2, 0.25) is 0 Å². The van der Waals surface area contributed by atoms with Crippen molar-refractivity contribution in [2.24, 2.45) is 0 Å². The Kier molecular flexibility index (Phi) is 2.66. The molecule has 0 N–H and O–H groups in total. The third-order valence-electron chi connectivity index (χ3n) is 1.55. The minimum Gasteiger partial charge on any atom is -0.235 e. The van der Waals surface area contributed by atoms with E-state index < -0.39 is 0 Å². The van der Waals surface area contributed by atoms with Crippen molar-refractivity contribution >= 4 is 23.1 Å². The number of aromatic nitrogens is 1. The van der Waals surface area contributed by atoms with Gasteiger partial charge in [0, 0.05) is 16.0 Å². The van der Waals surface area contributed by atoms with E-state index in [9.17, 15) is 0 Å². The van der Waals surface area contributed by atoms with Gasteiger partial charge in [0.2, 0.25) is 0 Å². The maximum absolute atomic E-state index is 4.39. The van der Waals surface area contributed by atoms with Gasteiger partial charge in [-0.25, -0.2) is 4.98 Å². The van der Waals surface area contributed by atoms with Crippen LogP contribution in [0.25, 0.3) is 0 Å². The van der Waals surface area contributed by atoms with Crippen LogP contribution in [0.3, 0.4) is 0 Å². The average molecular weight is 207 g/mol. The summed E-state index contributed by atoms with van der Waals surface area (Å²) < 4.78 is 1.11. The van der Waals surface area contributed by atoms with Gasteiger partial charge in [0.1, 0.15) is 0 Å². The van der Waals surface area contributed by atoms with Gasteiger partial charge in [-0.1, -0.05) is 30.0 Å². The number of aryl methyl sites for hydroxylation is 1. The number of thiazole rings is 1. The molecule has 1 heterocycles. The molecule has 0 radical (unpaired) electrons. The molecule has 1 aromatic heterocycles. The minimum atomic E-state index is 1.10. The third kappa shape index (κ3) is 2.32. The fourth-order valence-corrected chi connectivity index (χ4v) is 2.80. The second-order valence-corrected chi connectivity index (χ2v) is 4.85. The van der Waals surface area contributed by atoms with Crippen molar-refractivity contribution in [2.75, 3.05) is 0 Å². The summed E-state index contributed by atoms with van der Waals surface area (Å²) in [5.41, 5.74) is 1.10. The van der Waals surface area contributed by atoms with Crippen LogP contribution < -0.4 is 0 Å². The van der Waals surface area contributed by atoms with Crippen molar-refractivity contribution < 1.29 is 0 Å². The zero-order chi connectivity index (χ0) is 9.10. The first-order valence-corrected chi connectivity index (χ1v) is 5.69. The van der Waals surface area contributed by atoms with E-state index in [2.05, 4.69) is 22.5 Å². The summed E-state index contributed by atoms with van der Waals surface area (Å²) in [7, 11) is 0. The monoisotopic (exact) mass is 207 g/mol. The Hall–Kier alpha value is -0.800. The quantitative estimate of drug-likeness (QED) is 0.746. The molecule has 0 amide bonds. The molecule has 1 aromatic carbocycles. The maximum Gasteiger partial charge on any atom is 0.154 e. The predicted molar refractivity (Wildman–Crippen MR) is 57.4 cm³/mol. The van der Waals surface area contributed by atoms with Crippen molar-refractivity contribution in [3.63, 3.8) is 0 Å². The minimum absolute atomic E-state index is 1.10. The Morgan fingerprint density at radius 1 is 1.23 bits per heavy atom. The zero-order valence-electron chi connectivity index (χ0n) is 7.23. The molecule has 2 rings (SSSR count). The fraction of sp³-hybridized carbons (Fsp3) is 0.100. The van der Waals surface area contributed by atoms with Gasteiger partial charge in [0.15, 0.2) is 4.34 Å². The molecule has 0 fully saturated rings. The van der Waals surface area contributed by atoms with E-state index in [0.29, 0.717) is 0 Å². The average Bonchev–Trinajstić information content (AvgIpc) is 2.53. The second kappa shape index (κ2) is 3.94. The van der Waals surface area contributed by atoms with E-state index in [0.717, 1.165) is 10.0 Å². The molecule has 66 valence electrons. The molecule has 0 aliphatic rings. The summed E-state index contributed by atoms with van der Waals surface area (Å²) in [6, 6.07) is 10.3. The lowest BCUT2D eigenvalue weighted by molar-refractivity contribution is 1.16. The topological polar surface area (TPSA) is 12.9 Å². The van der Waals surface area contributed by atoms with Crippen molar-refractivity contribution in [2.45, 2.75) is 16.2 Å². The number of benzene rings is 1. The molecule has 0 aliphatic heterocycles. The highest BCUT2D eigenvalue weighted by molar-refractivity contribution is 8.01. The Labute approximate surface area is 85.8 Å². The number of hydrogen-bond acceptors (Lipinski definition) is 3. The van der Waals surface area contributed by atoms with Crippen molar-refractivity contribution in [1.82, 2.24) is 4.98 Å². The van der Waals surface area contributed by atoms with Crippen LogP contribution in [-0.4, -0.2) is 4.98 Å². The molecular weight excluding hydrogens is 198 g/mol. The first-order valence-electron chi connectivity index (χ1n) is 3.99. The molecule has 0 bridgehead atoms. The molecule has 3 heteroatoms. The Bertz CT molecular complexity index is 381. The first kappa shape index (κ1) is 8.78. The lowest BCUT2D eigenvalue weighted by Crippen LogP contribution is -1.72. The van der Waals surface area contributed by atoms with Crippen LogP contribution in [0.15, 0.2) is 44.9 Å². The molecule has 13 heavy (non-hydrogen) atoms. The van der Waals surface area contributed by atoms with Gasteiger partial charge >= 0.3 is 0 Å². The van der Waals surface area contributed by atoms with Crippen molar-refractivity contribution in [3.05, 3.63) is 41.4 Å². The number of nitrogens with zero attached hydrogens (tertiary/aromatic N) is 1. The first-order chi connectivity index (χ1) is 6.34. The van der Waals surface area contributed by atoms with E-state index >= 15 is 0 Å². The summed E-state index contributed by atoms with van der Waals surface area (Å²) >= 11 is 3.41. The smallest absolute Gasteiger partial charge is 0.154 e. The molecule has 0 aliphatic carbocycles. The second-order valence-electron chi connectivity index (χ2n) is 2.67. The third-order valence-corrected chi connectivity index (χ3v) is 3.61. The van der Waals surface area contributed by atoms with E-state index in [1.54, 1.807) is 23.1 Å². The van der Waals surface area contributed by atoms with Gasteiger partial charge in [0.25, 0.3) is 0 Å². The van der Waals surface area contributed by atoms with Crippen LogP contribution in [0.4, 0.5) is 0 Å². The molecule has 0 atom stereocenters. The van der Waals surface area contributed by atoms with E-state index in [4.69, 9.17) is 0 Å². The van der Waals surface area contributed by atoms with Crippen molar-refractivity contribution in [3.8, 4) is 0 Å². The Morgan fingerprint density at radius 2 is 2.00 bits per heavy atom. The molecule has 0 saturated carbocycles. The SMILES string of the molecule is Cc1csc(Sc2ccccc2)n1. The summed E-state index contributed by atoms with van der Waals surface area (Å²) in [6.07, 6.45) is 0. The van der Waals surface area contributed by atoms with Crippen molar-refractivity contribution in [1.29, 1.82) is 0 Å². The largest absolute Gasteiger partial charge is 0.235 e. The van der Waals surface area contributed by atoms with Gasteiger partial charge in [-0.2, -0.15) is 0 Å². The molecular formula is C10H9NS2. The number of rotatable bonds is 2. The van der Waals surface area contributed by atoms with Crippen LogP contribution >= 0.6 is 23.1 Å². The molecule has 0 saturated heterocycles. The lowest BCUT2D eigenvalue weighted by atomic mass is 10.4. The van der Waals surface area contributed by atoms with Crippen LogP contribution in [0.5, 0.6) is 0 Å². The lowest BCUT2D eigenvalue weighted by Gasteiger charge is -1.94. The van der Waals surface area contributed by atoms with Gasteiger partial charge in [-0.05, 0) is 19.1 Å². The Morgan fingerprint density at radius 3 is 2.62 bits per heavy atom. The summed E-state index contributed by atoms with van der Waals surface area (Å²) in [5, 5.41) is 2.07. The van der Waals surface area contributed by atoms with E-state index in [1.807, 2.05) is 25.1 Å². The van der Waals surface area contributed by atoms with E-state index in [-0.39, 0.29) is 0 Å². The van der Waals surface area contributed by atoms with Gasteiger partial charge in [-0.3, -0.25) is 0 Å². The summed E-state index contributed by atoms with van der Waals surface area (Å²) in [6.45, 7) is 2.02. The molecule has 0 unspecified atom stereocenters. The summed E-state index contributed by atoms with van der Waals surface area (Å²) in [5.74, 6) is 0. The highest BCUT2D eigenvalue weighted by atomic mass is 32.2.